The standard InChI is InChI=1S/C29H33F3N2O4/c30-29(31,32)22-3-2-19(16-33-22)27(36)25-23(17-4-10-37-11-5-17)24-20(14-28(8-1-9-28)15-21(24)35)34-26(25)18-6-12-38-13-7-18/h2-4,16,18,21,27,35-36H,1,5-15H2/t21?,27-/m1/s1. The van der Waals surface area contributed by atoms with Crippen molar-refractivity contribution in [1.29, 1.82) is 0 Å². The van der Waals surface area contributed by atoms with E-state index in [1.807, 2.05) is 6.08 Å². The summed E-state index contributed by atoms with van der Waals surface area (Å²) in [6.45, 7) is 2.11. The second kappa shape index (κ2) is 10.0. The number of aliphatic hydroxyl groups excluding tert-OH is 2. The number of ether oxygens (including phenoxy) is 2. The third kappa shape index (κ3) is 4.68. The lowest BCUT2D eigenvalue weighted by Crippen LogP contribution is -2.39. The van der Waals surface area contributed by atoms with Crippen molar-refractivity contribution in [3.63, 3.8) is 0 Å². The number of hydrogen-bond donors (Lipinski definition) is 2. The highest BCUT2D eigenvalue weighted by atomic mass is 19.4. The Bertz CT molecular complexity index is 1220. The van der Waals surface area contributed by atoms with Gasteiger partial charge in [0.25, 0.3) is 0 Å². The number of halogens is 3. The zero-order chi connectivity index (χ0) is 26.5. The Morgan fingerprint density at radius 1 is 1.08 bits per heavy atom. The van der Waals surface area contributed by atoms with E-state index in [0.29, 0.717) is 44.8 Å². The zero-order valence-corrected chi connectivity index (χ0v) is 21.3. The zero-order valence-electron chi connectivity index (χ0n) is 21.3. The largest absolute Gasteiger partial charge is 0.433 e. The number of hydrogen-bond acceptors (Lipinski definition) is 6. The molecule has 1 saturated carbocycles. The summed E-state index contributed by atoms with van der Waals surface area (Å²) >= 11 is 0. The van der Waals surface area contributed by atoms with Crippen LogP contribution in [-0.2, 0) is 22.1 Å². The predicted molar refractivity (Wildman–Crippen MR) is 133 cm³/mol. The van der Waals surface area contributed by atoms with E-state index in [4.69, 9.17) is 14.5 Å². The monoisotopic (exact) mass is 530 g/mol. The van der Waals surface area contributed by atoms with Crippen molar-refractivity contribution in [3.8, 4) is 0 Å². The highest BCUT2D eigenvalue weighted by molar-refractivity contribution is 5.75. The third-order valence-corrected chi connectivity index (χ3v) is 8.86. The van der Waals surface area contributed by atoms with E-state index in [9.17, 15) is 23.4 Å². The summed E-state index contributed by atoms with van der Waals surface area (Å²) in [5, 5.41) is 23.4. The number of rotatable bonds is 4. The van der Waals surface area contributed by atoms with Crippen molar-refractivity contribution >= 4 is 5.57 Å². The molecule has 1 spiro atoms. The minimum atomic E-state index is -4.57. The van der Waals surface area contributed by atoms with Crippen molar-refractivity contribution in [2.24, 2.45) is 5.41 Å². The van der Waals surface area contributed by atoms with Crippen molar-refractivity contribution in [1.82, 2.24) is 9.97 Å². The van der Waals surface area contributed by atoms with Gasteiger partial charge in [-0.15, -0.1) is 0 Å². The van der Waals surface area contributed by atoms with Crippen LogP contribution >= 0.6 is 0 Å². The van der Waals surface area contributed by atoms with Crippen LogP contribution in [-0.4, -0.2) is 46.6 Å². The molecule has 6 rings (SSSR count). The van der Waals surface area contributed by atoms with Gasteiger partial charge in [0.1, 0.15) is 11.8 Å². The molecule has 0 amide bonds. The normalized spacial score (nSPS) is 24.4. The second-order valence-electron chi connectivity index (χ2n) is 11.2. The van der Waals surface area contributed by atoms with E-state index in [2.05, 4.69) is 4.98 Å². The molecule has 2 fully saturated rings. The van der Waals surface area contributed by atoms with E-state index in [1.165, 1.54) is 6.07 Å². The lowest BCUT2D eigenvalue weighted by Gasteiger charge is -2.48. The molecule has 4 aliphatic rings. The molecule has 2 aliphatic heterocycles. The molecule has 6 nitrogen and oxygen atoms in total. The molecule has 2 aromatic heterocycles. The quantitative estimate of drug-likeness (QED) is 0.549. The first kappa shape index (κ1) is 25.9. The molecule has 0 bridgehead atoms. The second-order valence-corrected chi connectivity index (χ2v) is 11.2. The highest BCUT2D eigenvalue weighted by Crippen LogP contribution is 2.55. The topological polar surface area (TPSA) is 84.7 Å². The summed E-state index contributed by atoms with van der Waals surface area (Å²) in [6, 6.07) is 2.19. The average Bonchev–Trinajstić information content (AvgIpc) is 2.91. The molecular formula is C29H33F3N2O4. The van der Waals surface area contributed by atoms with Crippen molar-refractivity contribution in [2.75, 3.05) is 26.4 Å². The van der Waals surface area contributed by atoms with Crippen LogP contribution in [0, 0.1) is 5.41 Å². The average molecular weight is 531 g/mol. The van der Waals surface area contributed by atoms with Crippen LogP contribution in [0.4, 0.5) is 13.2 Å². The number of aliphatic hydroxyl groups is 2. The molecule has 9 heteroatoms. The first-order chi connectivity index (χ1) is 18.3. The van der Waals surface area contributed by atoms with Crippen LogP contribution in [0.1, 0.15) is 102 Å². The first-order valence-electron chi connectivity index (χ1n) is 13.6. The Morgan fingerprint density at radius 3 is 2.47 bits per heavy atom. The number of aromatic nitrogens is 2. The maximum Gasteiger partial charge on any atom is 0.433 e. The van der Waals surface area contributed by atoms with Gasteiger partial charge < -0.3 is 19.7 Å². The van der Waals surface area contributed by atoms with Crippen LogP contribution in [0.15, 0.2) is 24.4 Å². The van der Waals surface area contributed by atoms with E-state index in [0.717, 1.165) is 78.9 Å². The van der Waals surface area contributed by atoms with Gasteiger partial charge in [0.05, 0.1) is 25.0 Å². The smallest absolute Gasteiger partial charge is 0.388 e. The Balaban J connectivity index is 1.55. The van der Waals surface area contributed by atoms with Gasteiger partial charge in [-0.05, 0) is 67.6 Å². The first-order valence-corrected chi connectivity index (χ1v) is 13.6. The van der Waals surface area contributed by atoms with Gasteiger partial charge in [0.15, 0.2) is 0 Å². The minimum Gasteiger partial charge on any atom is -0.388 e. The van der Waals surface area contributed by atoms with Gasteiger partial charge >= 0.3 is 6.18 Å². The molecule has 1 saturated heterocycles. The maximum absolute atomic E-state index is 13.2. The Kier molecular flexibility index (Phi) is 6.83. The van der Waals surface area contributed by atoms with Crippen LogP contribution in [0.5, 0.6) is 0 Å². The molecule has 204 valence electrons. The summed E-state index contributed by atoms with van der Waals surface area (Å²) < 4.78 is 50.8. The molecule has 38 heavy (non-hydrogen) atoms. The van der Waals surface area contributed by atoms with Crippen molar-refractivity contribution in [3.05, 3.63) is 63.7 Å². The fourth-order valence-corrected chi connectivity index (χ4v) is 6.73. The minimum absolute atomic E-state index is 0.0386. The number of nitrogens with zero attached hydrogens (tertiary/aromatic N) is 2. The Labute approximate surface area is 219 Å². The summed E-state index contributed by atoms with van der Waals surface area (Å²) in [5.41, 5.74) is 4.13. The van der Waals surface area contributed by atoms with Gasteiger partial charge in [-0.1, -0.05) is 18.6 Å². The molecular weight excluding hydrogens is 497 g/mol. The Morgan fingerprint density at radius 2 is 1.87 bits per heavy atom. The summed E-state index contributed by atoms with van der Waals surface area (Å²) in [7, 11) is 0. The fraction of sp³-hybridized carbons (Fsp3) is 0.586. The number of pyridine rings is 2. The van der Waals surface area contributed by atoms with Gasteiger partial charge in [0, 0.05) is 47.7 Å². The lowest BCUT2D eigenvalue weighted by atomic mass is 9.59. The van der Waals surface area contributed by atoms with Crippen LogP contribution in [0.25, 0.3) is 5.57 Å². The molecule has 0 radical (unpaired) electrons. The molecule has 2 aliphatic carbocycles. The summed E-state index contributed by atoms with van der Waals surface area (Å²) in [6.07, 6.45) is 3.43. The molecule has 2 N–H and O–H groups in total. The molecule has 2 atom stereocenters. The van der Waals surface area contributed by atoms with Gasteiger partial charge in [-0.2, -0.15) is 13.2 Å². The van der Waals surface area contributed by atoms with Crippen molar-refractivity contribution < 1.29 is 32.9 Å². The summed E-state index contributed by atoms with van der Waals surface area (Å²) in [5.74, 6) is 0.0386. The lowest BCUT2D eigenvalue weighted by molar-refractivity contribution is -0.141. The highest BCUT2D eigenvalue weighted by Gasteiger charge is 2.46. The van der Waals surface area contributed by atoms with Crippen LogP contribution in [0.3, 0.4) is 0 Å². The fourth-order valence-electron chi connectivity index (χ4n) is 6.73. The van der Waals surface area contributed by atoms with E-state index < -0.39 is 24.1 Å². The molecule has 1 unspecified atom stereocenters. The van der Waals surface area contributed by atoms with Crippen molar-refractivity contribution in [2.45, 2.75) is 75.7 Å². The SMILES string of the molecule is OC1CC2(CCC2)Cc2nc(C3CCOCC3)c([C@H](O)c3ccc(C(F)(F)F)nc3)c(C3=CCOCC3)c21. The Hall–Kier alpha value is -2.33. The van der Waals surface area contributed by atoms with E-state index in [1.54, 1.807) is 0 Å². The summed E-state index contributed by atoms with van der Waals surface area (Å²) in [4.78, 5) is 8.80. The third-order valence-electron chi connectivity index (χ3n) is 8.86. The van der Waals surface area contributed by atoms with Gasteiger partial charge in [-0.25, -0.2) is 0 Å². The molecule has 0 aromatic carbocycles. The number of fused-ring (bicyclic) bond motifs is 1. The van der Waals surface area contributed by atoms with Crippen LogP contribution in [0.2, 0.25) is 0 Å². The molecule has 2 aromatic rings. The van der Waals surface area contributed by atoms with E-state index >= 15 is 0 Å². The van der Waals surface area contributed by atoms with Gasteiger partial charge in [0.2, 0.25) is 0 Å². The number of alkyl halides is 3. The maximum atomic E-state index is 13.2. The van der Waals surface area contributed by atoms with E-state index in [-0.39, 0.29) is 16.9 Å². The predicted octanol–water partition coefficient (Wildman–Crippen LogP) is 5.42. The molecule has 4 heterocycles. The van der Waals surface area contributed by atoms with Crippen LogP contribution < -0.4 is 0 Å². The van der Waals surface area contributed by atoms with Gasteiger partial charge in [-0.3, -0.25) is 9.97 Å².